The molecule has 0 spiro atoms. The van der Waals surface area contributed by atoms with E-state index in [4.69, 9.17) is 28.8 Å². The first kappa shape index (κ1) is 31.1. The van der Waals surface area contributed by atoms with E-state index < -0.39 is 0 Å². The standard InChI is InChI=1S/C23H20N5.2C3H8O.O.V/c1-2-8-17(9-3-1)14-28(15-22-24-18-10-4-5-11-19(18)25-22)16-23-26-20-12-6-7-13-21(20)27-23;2*1-2-3-4;;/h1-13H,14-16H2,(H-,24,25,26,27);2*4H,2-3H2,1H3;;/q-1;;;;+2. The normalized spacial score (nSPS) is 10.3. The number of aliphatic hydroxyl groups excluding tert-OH is 2. The molecule has 5 rings (SSSR count). The van der Waals surface area contributed by atoms with E-state index >= 15 is 0 Å². The maximum absolute atomic E-state index is 8.19. The van der Waals surface area contributed by atoms with E-state index in [0.29, 0.717) is 26.3 Å². The summed E-state index contributed by atoms with van der Waals surface area (Å²) in [6.07, 6.45) is 1.75. The van der Waals surface area contributed by atoms with Crippen LogP contribution in [0.4, 0.5) is 0 Å². The minimum atomic E-state index is 0.319. The van der Waals surface area contributed by atoms with Gasteiger partial charge >= 0.3 is 21.0 Å². The summed E-state index contributed by atoms with van der Waals surface area (Å²) in [6.45, 7) is 6.68. The van der Waals surface area contributed by atoms with Crippen molar-refractivity contribution >= 4 is 22.1 Å². The van der Waals surface area contributed by atoms with Crippen molar-refractivity contribution in [2.75, 3.05) is 13.2 Å². The average molecular weight is 554 g/mol. The molecule has 199 valence electrons. The topological polar surface area (TPSA) is 116 Å². The Balaban J connectivity index is 0.000000443. The molecular formula is C29H36N5O3V+. The summed E-state index contributed by atoms with van der Waals surface area (Å²) in [5.74, 6) is 1.79. The van der Waals surface area contributed by atoms with Crippen LogP contribution in [-0.2, 0) is 40.7 Å². The van der Waals surface area contributed by atoms with Crippen LogP contribution in [0, 0.1) is 0 Å². The number of rotatable bonds is 8. The Kier molecular flexibility index (Phi) is 14.9. The van der Waals surface area contributed by atoms with Gasteiger partial charge in [-0.05, 0) is 41.6 Å². The molecule has 0 bridgehead atoms. The Morgan fingerprint density at radius 1 is 0.763 bits per heavy atom. The van der Waals surface area contributed by atoms with Crippen molar-refractivity contribution in [1.82, 2.24) is 24.8 Å². The second-order valence-corrected chi connectivity index (χ2v) is 8.41. The van der Waals surface area contributed by atoms with Gasteiger partial charge in [-0.15, -0.1) is 0 Å². The molecular weight excluding hydrogens is 517 g/mol. The van der Waals surface area contributed by atoms with Crippen LogP contribution in [0.25, 0.3) is 22.1 Å². The average Bonchev–Trinajstić information content (AvgIpc) is 3.57. The molecule has 8 nitrogen and oxygen atoms in total. The minimum absolute atomic E-state index is 0.319. The quantitative estimate of drug-likeness (QED) is 0.250. The first-order chi connectivity index (χ1) is 18.7. The second-order valence-electron chi connectivity index (χ2n) is 8.41. The number of H-pyrrole nitrogens is 1. The molecule has 0 atom stereocenters. The van der Waals surface area contributed by atoms with Crippen molar-refractivity contribution in [3.63, 3.8) is 0 Å². The van der Waals surface area contributed by atoms with Crippen LogP contribution in [0.15, 0.2) is 78.9 Å². The first-order valence-corrected chi connectivity index (χ1v) is 13.2. The molecule has 0 saturated heterocycles. The number of imidazole rings is 2. The monoisotopic (exact) mass is 553 g/mol. The van der Waals surface area contributed by atoms with Crippen LogP contribution in [0.3, 0.4) is 0 Å². The molecule has 5 aromatic rings. The number of nitrogens with zero attached hydrogens (tertiary/aromatic N) is 4. The number of hydrogen-bond donors (Lipinski definition) is 3. The number of fused-ring (bicyclic) bond motifs is 2. The van der Waals surface area contributed by atoms with Gasteiger partial charge in [0.1, 0.15) is 5.82 Å². The zero-order valence-electron chi connectivity index (χ0n) is 22.0. The van der Waals surface area contributed by atoms with Gasteiger partial charge in [0.2, 0.25) is 0 Å². The molecule has 0 aliphatic heterocycles. The third-order valence-corrected chi connectivity index (χ3v) is 5.25. The Bertz CT molecular complexity index is 1160. The number of aromatic nitrogens is 4. The molecule has 0 aliphatic carbocycles. The number of aromatic amines is 1. The SMILES string of the molecule is CCCO.CCCO.[O]=[V+2].c1ccc(CN(Cc2nc3ccccc3[n-]2)Cc2nc3ccccc3[nH]2)cc1. The number of para-hydroxylation sites is 4. The van der Waals surface area contributed by atoms with Crippen molar-refractivity contribution in [3.8, 4) is 0 Å². The van der Waals surface area contributed by atoms with Crippen molar-refractivity contribution in [2.45, 2.75) is 46.3 Å². The van der Waals surface area contributed by atoms with Crippen LogP contribution in [0.2, 0.25) is 0 Å². The fourth-order valence-electron chi connectivity index (χ4n) is 3.53. The molecule has 3 N–H and O–H groups in total. The number of benzene rings is 3. The third-order valence-electron chi connectivity index (χ3n) is 5.25. The van der Waals surface area contributed by atoms with Crippen LogP contribution in [0.1, 0.15) is 43.9 Å². The predicted molar refractivity (Wildman–Crippen MR) is 146 cm³/mol. The van der Waals surface area contributed by atoms with E-state index in [9.17, 15) is 0 Å². The molecule has 38 heavy (non-hydrogen) atoms. The van der Waals surface area contributed by atoms with Crippen LogP contribution >= 0.6 is 0 Å². The zero-order chi connectivity index (χ0) is 27.6. The van der Waals surface area contributed by atoms with Gasteiger partial charge in [0.05, 0.1) is 17.6 Å². The van der Waals surface area contributed by atoms with Gasteiger partial charge in [0.15, 0.2) is 0 Å². The largest absolute Gasteiger partial charge is 0.438 e. The fraction of sp³-hybridized carbons (Fsp3) is 0.310. The Morgan fingerprint density at radius 2 is 1.34 bits per heavy atom. The van der Waals surface area contributed by atoms with E-state index in [0.717, 1.165) is 70.5 Å². The molecule has 0 amide bonds. The van der Waals surface area contributed by atoms with E-state index in [1.54, 1.807) is 0 Å². The van der Waals surface area contributed by atoms with Gasteiger partial charge in [-0.1, -0.05) is 86.4 Å². The van der Waals surface area contributed by atoms with E-state index in [2.05, 4.69) is 40.2 Å². The van der Waals surface area contributed by atoms with Gasteiger partial charge in [0, 0.05) is 26.3 Å². The first-order valence-electron chi connectivity index (χ1n) is 12.6. The molecule has 9 heteroatoms. The van der Waals surface area contributed by atoms with Crippen molar-refractivity contribution in [2.24, 2.45) is 0 Å². The molecule has 0 unspecified atom stereocenters. The number of aliphatic hydroxyl groups is 2. The molecule has 0 radical (unpaired) electrons. The summed E-state index contributed by atoms with van der Waals surface area (Å²) in [5.41, 5.74) is 5.21. The Labute approximate surface area is 233 Å². The number of hydrogen-bond acceptors (Lipinski definition) is 6. The van der Waals surface area contributed by atoms with Crippen LogP contribution in [-0.4, -0.2) is 43.3 Å². The molecule has 2 aromatic heterocycles. The molecule has 2 heterocycles. The molecule has 0 saturated carbocycles. The van der Waals surface area contributed by atoms with Gasteiger partial charge in [-0.25, -0.2) is 4.98 Å². The smallest absolute Gasteiger partial charge is 0.121 e. The molecule has 0 fully saturated rings. The van der Waals surface area contributed by atoms with Gasteiger partial charge in [-0.2, -0.15) is 0 Å². The molecule has 0 aliphatic rings. The van der Waals surface area contributed by atoms with Gasteiger partial charge in [-0.3, -0.25) is 4.90 Å². The van der Waals surface area contributed by atoms with E-state index in [1.165, 1.54) is 5.56 Å². The minimum Gasteiger partial charge on any atom is -0.438 e. The summed E-state index contributed by atoms with van der Waals surface area (Å²) in [7, 11) is 0. The van der Waals surface area contributed by atoms with Crippen molar-refractivity contribution in [1.29, 1.82) is 0 Å². The van der Waals surface area contributed by atoms with Crippen molar-refractivity contribution in [3.05, 3.63) is 96.1 Å². The van der Waals surface area contributed by atoms with Crippen LogP contribution < -0.4 is 4.98 Å². The van der Waals surface area contributed by atoms with E-state index in [-0.39, 0.29) is 0 Å². The maximum atomic E-state index is 8.19. The van der Waals surface area contributed by atoms with Gasteiger partial charge < -0.3 is 25.2 Å². The Hall–Kier alpha value is -3.14. The second kappa shape index (κ2) is 18.2. The zero-order valence-corrected chi connectivity index (χ0v) is 23.4. The number of nitrogens with one attached hydrogen (secondary N) is 1. The summed E-state index contributed by atoms with van der Waals surface area (Å²) in [4.78, 5) is 19.9. The summed E-state index contributed by atoms with van der Waals surface area (Å²) in [6, 6.07) is 26.6. The van der Waals surface area contributed by atoms with E-state index in [1.807, 2.05) is 62.4 Å². The summed E-state index contributed by atoms with van der Waals surface area (Å²) >= 11 is 1.06. The van der Waals surface area contributed by atoms with Crippen molar-refractivity contribution < 1.29 is 31.3 Å². The third kappa shape index (κ3) is 10.3. The van der Waals surface area contributed by atoms with Crippen LogP contribution in [0.5, 0.6) is 0 Å². The molecule has 3 aromatic carbocycles. The Morgan fingerprint density at radius 3 is 1.95 bits per heavy atom. The van der Waals surface area contributed by atoms with Gasteiger partial charge in [0.25, 0.3) is 0 Å². The summed E-state index contributed by atoms with van der Waals surface area (Å²) < 4.78 is 8.19. The summed E-state index contributed by atoms with van der Waals surface area (Å²) in [5, 5.41) is 15.8. The fourth-order valence-corrected chi connectivity index (χ4v) is 3.53. The maximum Gasteiger partial charge on any atom is 0.121 e. The predicted octanol–water partition coefficient (Wildman–Crippen LogP) is 4.93.